The van der Waals surface area contributed by atoms with Gasteiger partial charge in [0.05, 0.1) is 5.56 Å². The molecule has 1 aromatic heterocycles. The van der Waals surface area contributed by atoms with Gasteiger partial charge in [0.1, 0.15) is 11.7 Å². The standard InChI is InChI=1S/C28H33N5O.C2H6/c1-2-33(27(29)26-13-8-14-30-28(26)31-21-34)20-23-10-7-12-25(18-23)24-11-6-9-22(17-24)19-32-15-4-3-5-16-32;1-2/h6-14,17-18,21,29H,2-5,15-16,19-20H2,1H3,(H,30,31,34);1-2H3. The summed E-state index contributed by atoms with van der Waals surface area (Å²) in [5.74, 6) is 0.745. The van der Waals surface area contributed by atoms with Crippen LogP contribution in [0, 0.1) is 5.41 Å². The van der Waals surface area contributed by atoms with Crippen LogP contribution in [0.1, 0.15) is 56.7 Å². The molecule has 3 aromatic rings. The maximum absolute atomic E-state index is 10.9. The lowest BCUT2D eigenvalue weighted by Crippen LogP contribution is -2.31. The van der Waals surface area contributed by atoms with Crippen LogP contribution in [0.15, 0.2) is 66.9 Å². The van der Waals surface area contributed by atoms with Gasteiger partial charge in [-0.15, -0.1) is 0 Å². The normalized spacial score (nSPS) is 13.3. The Balaban J connectivity index is 0.00000176. The molecule has 1 fully saturated rings. The summed E-state index contributed by atoms with van der Waals surface area (Å²) in [6, 6.07) is 21.0. The van der Waals surface area contributed by atoms with Gasteiger partial charge < -0.3 is 10.2 Å². The summed E-state index contributed by atoms with van der Waals surface area (Å²) in [6.07, 6.45) is 6.16. The molecule has 0 saturated carbocycles. The van der Waals surface area contributed by atoms with E-state index in [1.807, 2.05) is 31.7 Å². The number of hydrogen-bond donors (Lipinski definition) is 2. The second-order valence-corrected chi connectivity index (χ2v) is 8.76. The lowest BCUT2D eigenvalue weighted by Gasteiger charge is -2.26. The van der Waals surface area contributed by atoms with Crippen molar-refractivity contribution in [1.82, 2.24) is 14.8 Å². The molecule has 0 unspecified atom stereocenters. The van der Waals surface area contributed by atoms with Crippen molar-refractivity contribution in [3.8, 4) is 11.1 Å². The van der Waals surface area contributed by atoms with Gasteiger partial charge >= 0.3 is 0 Å². The Hall–Kier alpha value is -3.51. The average Bonchev–Trinajstić information content (AvgIpc) is 2.94. The van der Waals surface area contributed by atoms with Gasteiger partial charge in [-0.2, -0.15) is 0 Å². The second-order valence-electron chi connectivity index (χ2n) is 8.76. The number of benzene rings is 2. The number of amides is 1. The van der Waals surface area contributed by atoms with Crippen LogP contribution in [0.4, 0.5) is 5.82 Å². The quantitative estimate of drug-likeness (QED) is 0.216. The van der Waals surface area contributed by atoms with E-state index in [4.69, 9.17) is 5.41 Å². The maximum atomic E-state index is 10.9. The Morgan fingerprint density at radius 3 is 2.33 bits per heavy atom. The molecule has 36 heavy (non-hydrogen) atoms. The van der Waals surface area contributed by atoms with E-state index in [1.165, 1.54) is 49.0 Å². The molecular weight excluding hydrogens is 446 g/mol. The summed E-state index contributed by atoms with van der Waals surface area (Å²) < 4.78 is 0. The first-order valence-electron chi connectivity index (χ1n) is 13.1. The molecule has 6 heteroatoms. The first kappa shape index (κ1) is 27.1. The minimum absolute atomic E-state index is 0.342. The van der Waals surface area contributed by atoms with Crippen molar-refractivity contribution in [2.24, 2.45) is 0 Å². The van der Waals surface area contributed by atoms with Crippen LogP contribution in [0.5, 0.6) is 0 Å². The van der Waals surface area contributed by atoms with Crippen molar-refractivity contribution < 1.29 is 4.79 Å². The fourth-order valence-corrected chi connectivity index (χ4v) is 4.58. The van der Waals surface area contributed by atoms with E-state index in [2.05, 4.69) is 63.7 Å². The van der Waals surface area contributed by atoms with E-state index in [-0.39, 0.29) is 0 Å². The topological polar surface area (TPSA) is 72.3 Å². The van der Waals surface area contributed by atoms with Gasteiger partial charge in [-0.05, 0) is 79.4 Å². The average molecular weight is 486 g/mol. The first-order chi connectivity index (χ1) is 17.7. The number of anilines is 1. The summed E-state index contributed by atoms with van der Waals surface area (Å²) in [5, 5.41) is 11.4. The number of aromatic nitrogens is 1. The molecule has 0 spiro atoms. The number of rotatable bonds is 9. The van der Waals surface area contributed by atoms with E-state index in [0.717, 1.165) is 12.1 Å². The van der Waals surface area contributed by atoms with Crippen LogP contribution in [0.3, 0.4) is 0 Å². The van der Waals surface area contributed by atoms with E-state index in [0.29, 0.717) is 36.7 Å². The zero-order chi connectivity index (χ0) is 25.8. The van der Waals surface area contributed by atoms with E-state index in [1.54, 1.807) is 12.3 Å². The highest BCUT2D eigenvalue weighted by Gasteiger charge is 2.16. The molecule has 1 aliphatic rings. The summed E-state index contributed by atoms with van der Waals surface area (Å²) in [4.78, 5) is 19.7. The predicted molar refractivity (Wildman–Crippen MR) is 149 cm³/mol. The Labute approximate surface area is 215 Å². The van der Waals surface area contributed by atoms with Crippen LogP contribution in [-0.2, 0) is 17.9 Å². The third-order valence-corrected chi connectivity index (χ3v) is 6.37. The zero-order valence-electron chi connectivity index (χ0n) is 21.8. The highest BCUT2D eigenvalue weighted by atomic mass is 16.1. The molecule has 0 radical (unpaired) electrons. The summed E-state index contributed by atoms with van der Waals surface area (Å²) >= 11 is 0. The molecule has 190 valence electrons. The number of pyridine rings is 1. The fraction of sp³-hybridized carbons (Fsp3) is 0.367. The molecular formula is C30H39N5O. The van der Waals surface area contributed by atoms with Gasteiger partial charge in [-0.3, -0.25) is 15.1 Å². The lowest BCUT2D eigenvalue weighted by molar-refractivity contribution is -0.105. The van der Waals surface area contributed by atoms with Gasteiger partial charge in [0.15, 0.2) is 0 Å². The number of piperidine rings is 1. The molecule has 2 N–H and O–H groups in total. The SMILES string of the molecule is CC.CCN(Cc1cccc(-c2cccc(CN3CCCCC3)c2)c1)C(=N)c1cccnc1NC=O. The van der Waals surface area contributed by atoms with Gasteiger partial charge in [-0.25, -0.2) is 4.98 Å². The van der Waals surface area contributed by atoms with E-state index >= 15 is 0 Å². The van der Waals surface area contributed by atoms with Crippen molar-refractivity contribution in [2.45, 2.75) is 53.1 Å². The van der Waals surface area contributed by atoms with E-state index in [9.17, 15) is 4.79 Å². The number of carbonyl (C=O) groups is 1. The Morgan fingerprint density at radius 1 is 1.00 bits per heavy atom. The summed E-state index contributed by atoms with van der Waals surface area (Å²) in [5.41, 5.74) is 5.51. The highest BCUT2D eigenvalue weighted by Crippen LogP contribution is 2.24. The van der Waals surface area contributed by atoms with Gasteiger partial charge in [0.25, 0.3) is 0 Å². The second kappa shape index (κ2) is 14.1. The van der Waals surface area contributed by atoms with Crippen LogP contribution >= 0.6 is 0 Å². The van der Waals surface area contributed by atoms with Gasteiger partial charge in [0, 0.05) is 25.8 Å². The summed E-state index contributed by atoms with van der Waals surface area (Å²) in [7, 11) is 0. The highest BCUT2D eigenvalue weighted by molar-refractivity contribution is 6.01. The lowest BCUT2D eigenvalue weighted by atomic mass is 10.00. The number of nitrogens with one attached hydrogen (secondary N) is 2. The predicted octanol–water partition coefficient (Wildman–Crippen LogP) is 6.18. The van der Waals surface area contributed by atoms with Crippen LogP contribution < -0.4 is 5.32 Å². The number of likely N-dealkylation sites (tertiary alicyclic amines) is 1. The molecule has 0 atom stereocenters. The molecule has 0 bridgehead atoms. The van der Waals surface area contributed by atoms with E-state index < -0.39 is 0 Å². The van der Waals surface area contributed by atoms with Crippen molar-refractivity contribution in [2.75, 3.05) is 25.0 Å². The summed E-state index contributed by atoms with van der Waals surface area (Å²) in [6.45, 7) is 10.7. The molecule has 6 nitrogen and oxygen atoms in total. The molecule has 1 saturated heterocycles. The fourth-order valence-electron chi connectivity index (χ4n) is 4.58. The Bertz CT molecular complexity index is 1120. The molecule has 2 aromatic carbocycles. The zero-order valence-corrected chi connectivity index (χ0v) is 21.8. The minimum Gasteiger partial charge on any atom is -0.352 e. The number of nitrogens with zero attached hydrogens (tertiary/aromatic N) is 3. The number of carbonyl (C=O) groups excluding carboxylic acids is 1. The first-order valence-corrected chi connectivity index (χ1v) is 13.1. The smallest absolute Gasteiger partial charge is 0.212 e. The van der Waals surface area contributed by atoms with Crippen LogP contribution in [-0.4, -0.2) is 46.7 Å². The van der Waals surface area contributed by atoms with Crippen LogP contribution in [0.2, 0.25) is 0 Å². The third kappa shape index (κ3) is 7.25. The van der Waals surface area contributed by atoms with Crippen molar-refractivity contribution >= 4 is 18.1 Å². The van der Waals surface area contributed by atoms with Crippen molar-refractivity contribution in [1.29, 1.82) is 5.41 Å². The molecule has 0 aliphatic carbocycles. The van der Waals surface area contributed by atoms with Gasteiger partial charge in [0.2, 0.25) is 6.41 Å². The maximum Gasteiger partial charge on any atom is 0.212 e. The monoisotopic (exact) mass is 485 g/mol. The number of amidine groups is 1. The number of hydrogen-bond acceptors (Lipinski definition) is 4. The Kier molecular flexibility index (Phi) is 10.6. The minimum atomic E-state index is 0.342. The van der Waals surface area contributed by atoms with Gasteiger partial charge in [-0.1, -0.05) is 56.7 Å². The van der Waals surface area contributed by atoms with Crippen molar-refractivity contribution in [3.63, 3.8) is 0 Å². The molecule has 2 heterocycles. The Morgan fingerprint density at radius 2 is 1.67 bits per heavy atom. The molecule has 4 rings (SSSR count). The molecule has 1 amide bonds. The van der Waals surface area contributed by atoms with Crippen LogP contribution in [0.25, 0.3) is 11.1 Å². The molecule has 1 aliphatic heterocycles. The third-order valence-electron chi connectivity index (χ3n) is 6.37. The largest absolute Gasteiger partial charge is 0.352 e. The van der Waals surface area contributed by atoms with Crippen molar-refractivity contribution in [3.05, 3.63) is 83.6 Å².